The summed E-state index contributed by atoms with van der Waals surface area (Å²) in [5, 5.41) is 0. The molecule has 0 atom stereocenters. The van der Waals surface area contributed by atoms with E-state index in [1.807, 2.05) is 23.1 Å². The number of likely N-dealkylation sites (tertiary alicyclic amines) is 1. The minimum Gasteiger partial charge on any atom is -0.339 e. The van der Waals surface area contributed by atoms with Gasteiger partial charge in [-0.05, 0) is 37.5 Å². The van der Waals surface area contributed by atoms with E-state index in [0.29, 0.717) is 0 Å². The number of unbranched alkanes of at least 4 members (excludes halogenated alkanes) is 2. The predicted octanol–water partition coefficient (Wildman–Crippen LogP) is 3.31. The van der Waals surface area contributed by atoms with Gasteiger partial charge in [-0.15, -0.1) is 0 Å². The molecule has 0 radical (unpaired) electrons. The van der Waals surface area contributed by atoms with E-state index in [1.54, 1.807) is 6.08 Å². The van der Waals surface area contributed by atoms with Crippen molar-refractivity contribution in [3.8, 4) is 23.7 Å². The molecule has 1 saturated heterocycles. The van der Waals surface area contributed by atoms with Crippen molar-refractivity contribution in [1.82, 2.24) is 4.90 Å². The average molecular weight is 269 g/mol. The standard InChI is InChI=1S/C18H23NO/c1-2-3-4-5-6-7-8-9-10-11-12-15-18(20)19-16-13-14-17-19/h10-12,15H,2-3,8-9,13-14,16-17H2,1H3. The molecule has 20 heavy (non-hydrogen) atoms. The van der Waals surface area contributed by atoms with E-state index in [4.69, 9.17) is 0 Å². The molecule has 1 fully saturated rings. The lowest BCUT2D eigenvalue weighted by molar-refractivity contribution is -0.124. The molecule has 0 bridgehead atoms. The van der Waals surface area contributed by atoms with Crippen LogP contribution in [0, 0.1) is 23.7 Å². The number of hydrogen-bond acceptors (Lipinski definition) is 1. The van der Waals surface area contributed by atoms with E-state index < -0.39 is 0 Å². The maximum Gasteiger partial charge on any atom is 0.246 e. The minimum atomic E-state index is 0.123. The Hall–Kier alpha value is -1.93. The largest absolute Gasteiger partial charge is 0.339 e. The van der Waals surface area contributed by atoms with Crippen molar-refractivity contribution in [2.45, 2.75) is 45.4 Å². The molecule has 1 aliphatic rings. The summed E-state index contributed by atoms with van der Waals surface area (Å²) < 4.78 is 0. The van der Waals surface area contributed by atoms with E-state index in [1.165, 1.54) is 0 Å². The molecule has 0 aliphatic carbocycles. The highest BCUT2D eigenvalue weighted by atomic mass is 16.2. The first-order valence-corrected chi connectivity index (χ1v) is 7.42. The average Bonchev–Trinajstić information content (AvgIpc) is 2.99. The third-order valence-electron chi connectivity index (χ3n) is 2.95. The van der Waals surface area contributed by atoms with E-state index >= 15 is 0 Å². The van der Waals surface area contributed by atoms with Gasteiger partial charge in [-0.25, -0.2) is 0 Å². The summed E-state index contributed by atoms with van der Waals surface area (Å²) in [6.07, 6.45) is 13.4. The Morgan fingerprint density at radius 3 is 2.50 bits per heavy atom. The molecule has 0 aromatic rings. The molecule has 0 unspecified atom stereocenters. The highest BCUT2D eigenvalue weighted by Crippen LogP contribution is 2.07. The number of hydrogen-bond donors (Lipinski definition) is 0. The topological polar surface area (TPSA) is 20.3 Å². The van der Waals surface area contributed by atoms with Gasteiger partial charge >= 0.3 is 0 Å². The van der Waals surface area contributed by atoms with E-state index in [2.05, 4.69) is 30.6 Å². The molecule has 2 heteroatoms. The number of nitrogens with zero attached hydrogens (tertiary/aromatic N) is 1. The highest BCUT2D eigenvalue weighted by Gasteiger charge is 2.14. The first kappa shape index (κ1) is 16.1. The van der Waals surface area contributed by atoms with Crippen LogP contribution in [0.4, 0.5) is 0 Å². The minimum absolute atomic E-state index is 0.123. The van der Waals surface area contributed by atoms with Crippen molar-refractivity contribution >= 4 is 5.91 Å². The molecule has 0 aromatic heterocycles. The third-order valence-corrected chi connectivity index (χ3v) is 2.95. The fraction of sp³-hybridized carbons (Fsp3) is 0.500. The Labute approximate surface area is 122 Å². The lowest BCUT2D eigenvalue weighted by Crippen LogP contribution is -2.25. The van der Waals surface area contributed by atoms with E-state index in [-0.39, 0.29) is 5.91 Å². The molecule has 1 rings (SSSR count). The van der Waals surface area contributed by atoms with Crippen LogP contribution in [0.5, 0.6) is 0 Å². The Balaban J connectivity index is 2.12. The van der Waals surface area contributed by atoms with Gasteiger partial charge in [0.25, 0.3) is 0 Å². The van der Waals surface area contributed by atoms with Crippen LogP contribution in [0.25, 0.3) is 0 Å². The maximum absolute atomic E-state index is 11.7. The van der Waals surface area contributed by atoms with Crippen LogP contribution in [-0.2, 0) is 4.79 Å². The normalized spacial score (nSPS) is 14.2. The quantitative estimate of drug-likeness (QED) is 0.324. The van der Waals surface area contributed by atoms with Crippen molar-refractivity contribution < 1.29 is 4.79 Å². The van der Waals surface area contributed by atoms with Crippen LogP contribution >= 0.6 is 0 Å². The first-order valence-electron chi connectivity index (χ1n) is 7.42. The van der Waals surface area contributed by atoms with Crippen LogP contribution in [-0.4, -0.2) is 23.9 Å². The first-order chi connectivity index (χ1) is 9.84. The van der Waals surface area contributed by atoms with Gasteiger partial charge in [0, 0.05) is 32.0 Å². The lowest BCUT2D eigenvalue weighted by Gasteiger charge is -2.11. The van der Waals surface area contributed by atoms with Crippen LogP contribution in [0.1, 0.15) is 45.4 Å². The smallest absolute Gasteiger partial charge is 0.246 e. The van der Waals surface area contributed by atoms with Gasteiger partial charge in [-0.2, -0.15) is 0 Å². The molecule has 0 N–H and O–H groups in total. The van der Waals surface area contributed by atoms with Crippen molar-refractivity contribution in [3.05, 3.63) is 24.3 Å². The van der Waals surface area contributed by atoms with Gasteiger partial charge in [0.2, 0.25) is 5.91 Å². The zero-order valence-corrected chi connectivity index (χ0v) is 12.3. The second kappa shape index (κ2) is 10.9. The Morgan fingerprint density at radius 2 is 1.80 bits per heavy atom. The molecule has 1 aliphatic heterocycles. The SMILES string of the molecule is CCCC#CC#CCCC=CC=CC(=O)N1CCCC1. The maximum atomic E-state index is 11.7. The molecule has 106 valence electrons. The molecular weight excluding hydrogens is 246 g/mol. The van der Waals surface area contributed by atoms with Crippen LogP contribution < -0.4 is 0 Å². The van der Waals surface area contributed by atoms with Gasteiger partial charge < -0.3 is 4.90 Å². The van der Waals surface area contributed by atoms with Crippen molar-refractivity contribution in [2.24, 2.45) is 0 Å². The summed E-state index contributed by atoms with van der Waals surface area (Å²) in [7, 11) is 0. The summed E-state index contributed by atoms with van der Waals surface area (Å²) in [5.41, 5.74) is 0. The number of rotatable bonds is 5. The number of carbonyl (C=O) groups is 1. The van der Waals surface area contributed by atoms with E-state index in [9.17, 15) is 4.79 Å². The Kier molecular flexibility index (Phi) is 8.82. The molecular formula is C18H23NO. The molecule has 2 nitrogen and oxygen atoms in total. The van der Waals surface area contributed by atoms with Crippen molar-refractivity contribution in [2.75, 3.05) is 13.1 Å². The number of amides is 1. The highest BCUT2D eigenvalue weighted by molar-refractivity contribution is 5.88. The lowest BCUT2D eigenvalue weighted by atomic mass is 10.3. The van der Waals surface area contributed by atoms with Gasteiger partial charge in [-0.3, -0.25) is 4.79 Å². The predicted molar refractivity (Wildman–Crippen MR) is 83.8 cm³/mol. The van der Waals surface area contributed by atoms with E-state index in [0.717, 1.165) is 51.6 Å². The monoisotopic (exact) mass is 269 g/mol. The second-order valence-corrected chi connectivity index (χ2v) is 4.71. The summed E-state index contributed by atoms with van der Waals surface area (Å²) in [6.45, 7) is 3.91. The fourth-order valence-electron chi connectivity index (χ4n) is 1.85. The van der Waals surface area contributed by atoms with Crippen LogP contribution in [0.3, 0.4) is 0 Å². The van der Waals surface area contributed by atoms with Crippen LogP contribution in [0.2, 0.25) is 0 Å². The van der Waals surface area contributed by atoms with Gasteiger partial charge in [0.1, 0.15) is 0 Å². The molecule has 0 saturated carbocycles. The zero-order valence-electron chi connectivity index (χ0n) is 12.3. The van der Waals surface area contributed by atoms with Gasteiger partial charge in [-0.1, -0.05) is 37.0 Å². The fourth-order valence-corrected chi connectivity index (χ4v) is 1.85. The van der Waals surface area contributed by atoms with Crippen LogP contribution in [0.15, 0.2) is 24.3 Å². The Bertz CT molecular complexity index is 459. The van der Waals surface area contributed by atoms with Crippen molar-refractivity contribution in [3.63, 3.8) is 0 Å². The summed E-state index contributed by atoms with van der Waals surface area (Å²) in [4.78, 5) is 13.6. The third kappa shape index (κ3) is 7.49. The molecule has 1 amide bonds. The molecule has 1 heterocycles. The Morgan fingerprint density at radius 1 is 1.10 bits per heavy atom. The molecule has 0 spiro atoms. The summed E-state index contributed by atoms with van der Waals surface area (Å²) in [5.74, 6) is 11.8. The second-order valence-electron chi connectivity index (χ2n) is 4.71. The summed E-state index contributed by atoms with van der Waals surface area (Å²) >= 11 is 0. The zero-order chi connectivity index (χ0) is 14.5. The van der Waals surface area contributed by atoms with Crippen molar-refractivity contribution in [1.29, 1.82) is 0 Å². The van der Waals surface area contributed by atoms with Gasteiger partial charge in [0.05, 0.1) is 0 Å². The number of carbonyl (C=O) groups excluding carboxylic acids is 1. The summed E-state index contributed by atoms with van der Waals surface area (Å²) in [6, 6.07) is 0. The number of allylic oxidation sites excluding steroid dienone is 3. The molecule has 0 aromatic carbocycles. The van der Waals surface area contributed by atoms with Gasteiger partial charge in [0.15, 0.2) is 0 Å².